The average Bonchev–Trinajstić information content (AvgIpc) is 3.51. The summed E-state index contributed by atoms with van der Waals surface area (Å²) in [4.78, 5) is 2.34. The highest BCUT2D eigenvalue weighted by molar-refractivity contribution is 5.85. The minimum Gasteiger partial charge on any atom is -0.318 e. The molecule has 240 valence electrons. The number of rotatable bonds is 8. The van der Waals surface area contributed by atoms with Gasteiger partial charge in [-0.2, -0.15) is 0 Å². The Balaban J connectivity index is 1.15. The Morgan fingerprint density at radius 1 is 0.531 bits per heavy atom. The molecule has 0 radical (unpaired) electrons. The number of anilines is 2. The third-order valence-electron chi connectivity index (χ3n) is 11.1. The summed E-state index contributed by atoms with van der Waals surface area (Å²) in [7, 11) is 0. The van der Waals surface area contributed by atoms with Crippen LogP contribution in [0.3, 0.4) is 0 Å². The van der Waals surface area contributed by atoms with Gasteiger partial charge in [0.15, 0.2) is 0 Å². The van der Waals surface area contributed by atoms with Gasteiger partial charge in [-0.15, -0.1) is 6.58 Å². The Hall–Kier alpha value is -5.40. The van der Waals surface area contributed by atoms with Gasteiger partial charge in [-0.1, -0.05) is 149 Å². The van der Waals surface area contributed by atoms with E-state index in [1.165, 1.54) is 61.2 Å². The Morgan fingerprint density at radius 3 is 1.67 bits per heavy atom. The highest BCUT2D eigenvalue weighted by Gasteiger charge is 2.36. The van der Waals surface area contributed by atoms with Crippen molar-refractivity contribution < 1.29 is 0 Å². The van der Waals surface area contributed by atoms with E-state index in [-0.39, 0.29) is 16.7 Å². The molecule has 0 saturated carbocycles. The molecule has 1 nitrogen and oxygen atoms in total. The van der Waals surface area contributed by atoms with Crippen LogP contribution in [0.25, 0.3) is 33.4 Å². The second kappa shape index (κ2) is 11.9. The summed E-state index contributed by atoms with van der Waals surface area (Å²) < 4.78 is 0. The van der Waals surface area contributed by atoms with Crippen molar-refractivity contribution in [1.29, 1.82) is 0 Å². The molecule has 2 aliphatic carbocycles. The van der Waals surface area contributed by atoms with Crippen molar-refractivity contribution in [3.63, 3.8) is 0 Å². The van der Waals surface area contributed by atoms with E-state index in [4.69, 9.17) is 0 Å². The average molecular weight is 634 g/mol. The lowest BCUT2D eigenvalue weighted by molar-refractivity contribution is 0.660. The van der Waals surface area contributed by atoms with Crippen molar-refractivity contribution in [2.75, 3.05) is 4.90 Å². The van der Waals surface area contributed by atoms with Crippen LogP contribution in [-0.4, -0.2) is 0 Å². The molecule has 0 N–H and O–H groups in total. The molecule has 0 aromatic heterocycles. The smallest absolute Gasteiger partial charge is 0.0458 e. The van der Waals surface area contributed by atoms with Gasteiger partial charge in [0.05, 0.1) is 0 Å². The molecule has 6 aromatic rings. The summed E-state index contributed by atoms with van der Waals surface area (Å²) >= 11 is 0. The molecule has 0 heterocycles. The molecule has 1 atom stereocenters. The largest absolute Gasteiger partial charge is 0.318 e. The van der Waals surface area contributed by atoms with Gasteiger partial charge in [0, 0.05) is 34.3 Å². The van der Waals surface area contributed by atoms with Crippen molar-refractivity contribution in [3.05, 3.63) is 192 Å². The molecule has 1 heteroatoms. The first-order chi connectivity index (χ1) is 23.8. The van der Waals surface area contributed by atoms with Gasteiger partial charge in [0.1, 0.15) is 0 Å². The Kier molecular flexibility index (Phi) is 7.53. The van der Waals surface area contributed by atoms with Crippen LogP contribution in [0.15, 0.2) is 164 Å². The van der Waals surface area contributed by atoms with E-state index < -0.39 is 0 Å². The standard InChI is InChI=1S/C48H43N/c1-6-33(34-15-8-7-9-16-34)17-14-30-49(38-27-29-42-40-19-11-13-21-44(40)48(4,5)46(42)32-38)37-25-22-35(23-26-37)36-24-28-41-39-18-10-12-20-43(39)47(2,3)45(41)31-36/h6-16,18-33H,1,17H2,2-5H3/b30-14+. The number of benzene rings is 6. The number of allylic oxidation sites excluding steroid dienone is 2. The fraction of sp³-hybridized carbons (Fsp3) is 0.167. The van der Waals surface area contributed by atoms with Gasteiger partial charge in [0.2, 0.25) is 0 Å². The fourth-order valence-electron chi connectivity index (χ4n) is 8.24. The molecule has 8 rings (SSSR count). The normalized spacial score (nSPS) is 15.3. The molecule has 49 heavy (non-hydrogen) atoms. The van der Waals surface area contributed by atoms with Crippen LogP contribution in [0.1, 0.15) is 67.9 Å². The minimum atomic E-state index is -0.0660. The quantitative estimate of drug-likeness (QED) is 0.151. The van der Waals surface area contributed by atoms with Crippen molar-refractivity contribution >= 4 is 11.4 Å². The Labute approximate surface area is 291 Å². The zero-order valence-electron chi connectivity index (χ0n) is 28.9. The van der Waals surface area contributed by atoms with Crippen molar-refractivity contribution in [2.45, 2.75) is 50.9 Å². The van der Waals surface area contributed by atoms with Gasteiger partial charge in [-0.25, -0.2) is 0 Å². The van der Waals surface area contributed by atoms with Crippen LogP contribution in [0.5, 0.6) is 0 Å². The monoisotopic (exact) mass is 633 g/mol. The van der Waals surface area contributed by atoms with Gasteiger partial charge in [0.25, 0.3) is 0 Å². The number of hydrogen-bond donors (Lipinski definition) is 0. The molecule has 0 bridgehead atoms. The number of hydrogen-bond acceptors (Lipinski definition) is 1. The van der Waals surface area contributed by atoms with E-state index in [0.717, 1.165) is 17.8 Å². The van der Waals surface area contributed by atoms with Crippen LogP contribution < -0.4 is 4.90 Å². The van der Waals surface area contributed by atoms with Crippen molar-refractivity contribution in [1.82, 2.24) is 0 Å². The fourth-order valence-corrected chi connectivity index (χ4v) is 8.24. The highest BCUT2D eigenvalue weighted by atomic mass is 15.1. The van der Waals surface area contributed by atoms with Crippen LogP contribution in [0.2, 0.25) is 0 Å². The summed E-state index contributed by atoms with van der Waals surface area (Å²) in [5.41, 5.74) is 16.9. The first-order valence-corrected chi connectivity index (χ1v) is 17.5. The maximum Gasteiger partial charge on any atom is 0.0458 e. The molecule has 0 aliphatic heterocycles. The molecule has 6 aromatic carbocycles. The second-order valence-corrected chi connectivity index (χ2v) is 14.6. The third-order valence-corrected chi connectivity index (χ3v) is 11.1. The van der Waals surface area contributed by atoms with Gasteiger partial charge < -0.3 is 4.90 Å². The second-order valence-electron chi connectivity index (χ2n) is 14.6. The number of nitrogens with zero attached hydrogens (tertiary/aromatic N) is 1. The predicted molar refractivity (Wildman–Crippen MR) is 209 cm³/mol. The molecular formula is C48H43N. The summed E-state index contributed by atoms with van der Waals surface area (Å²) in [6, 6.07) is 51.4. The van der Waals surface area contributed by atoms with Gasteiger partial charge >= 0.3 is 0 Å². The van der Waals surface area contributed by atoms with Gasteiger partial charge in [-0.05, 0) is 98.0 Å². The molecule has 2 aliphatic rings. The van der Waals surface area contributed by atoms with Crippen LogP contribution in [-0.2, 0) is 10.8 Å². The van der Waals surface area contributed by atoms with Gasteiger partial charge in [-0.3, -0.25) is 0 Å². The third kappa shape index (κ3) is 5.16. The SMILES string of the molecule is C=CC(C/C=C/N(c1ccc(-c2ccc3c(c2)C(C)(C)c2ccccc2-3)cc1)c1ccc2c(c1)C(C)(C)c1ccccc1-2)c1ccccc1. The van der Waals surface area contributed by atoms with Crippen molar-refractivity contribution in [3.8, 4) is 33.4 Å². The van der Waals surface area contributed by atoms with E-state index >= 15 is 0 Å². The van der Waals surface area contributed by atoms with Crippen LogP contribution in [0, 0.1) is 0 Å². The Bertz CT molecular complexity index is 2210. The van der Waals surface area contributed by atoms with Crippen molar-refractivity contribution in [2.24, 2.45) is 0 Å². The molecule has 0 spiro atoms. The Morgan fingerprint density at radius 2 is 1.04 bits per heavy atom. The highest BCUT2D eigenvalue weighted by Crippen LogP contribution is 2.51. The minimum absolute atomic E-state index is 0.0203. The summed E-state index contributed by atoms with van der Waals surface area (Å²) in [6.45, 7) is 13.6. The zero-order valence-corrected chi connectivity index (χ0v) is 28.9. The summed E-state index contributed by atoms with van der Waals surface area (Å²) in [5.74, 6) is 0.255. The summed E-state index contributed by atoms with van der Waals surface area (Å²) in [6.07, 6.45) is 7.47. The van der Waals surface area contributed by atoms with E-state index in [9.17, 15) is 0 Å². The lowest BCUT2D eigenvalue weighted by Crippen LogP contribution is -2.16. The van der Waals surface area contributed by atoms with E-state index in [1.54, 1.807) is 0 Å². The first-order valence-electron chi connectivity index (χ1n) is 17.5. The topological polar surface area (TPSA) is 3.24 Å². The van der Waals surface area contributed by atoms with E-state index in [2.05, 4.69) is 197 Å². The predicted octanol–water partition coefficient (Wildman–Crippen LogP) is 13.0. The van der Waals surface area contributed by atoms with E-state index in [0.29, 0.717) is 0 Å². The summed E-state index contributed by atoms with van der Waals surface area (Å²) in [5, 5.41) is 0. The molecule has 0 amide bonds. The number of fused-ring (bicyclic) bond motifs is 6. The van der Waals surface area contributed by atoms with Crippen LogP contribution >= 0.6 is 0 Å². The van der Waals surface area contributed by atoms with E-state index in [1.807, 2.05) is 0 Å². The molecule has 0 saturated heterocycles. The molecule has 1 unspecified atom stereocenters. The zero-order chi connectivity index (χ0) is 33.8. The lowest BCUT2D eigenvalue weighted by Gasteiger charge is -2.26. The molecule has 0 fully saturated rings. The maximum absolute atomic E-state index is 4.16. The lowest BCUT2D eigenvalue weighted by atomic mass is 9.81. The van der Waals surface area contributed by atoms with Crippen LogP contribution in [0.4, 0.5) is 11.4 Å². The molecular weight excluding hydrogens is 591 g/mol. The first kappa shape index (κ1) is 30.9. The maximum atomic E-state index is 4.16.